The normalized spacial score (nSPS) is 10.7. The molecule has 1 aromatic carbocycles. The lowest BCUT2D eigenvalue weighted by Gasteiger charge is -2.09. The number of hydrogen-bond acceptors (Lipinski definition) is 4. The molecule has 0 spiro atoms. The molecule has 0 aliphatic carbocycles. The van der Waals surface area contributed by atoms with Crippen LogP contribution in [0.15, 0.2) is 18.2 Å². The Morgan fingerprint density at radius 2 is 2.00 bits per heavy atom. The van der Waals surface area contributed by atoms with Gasteiger partial charge in [0.15, 0.2) is 5.78 Å². The Hall–Kier alpha value is -1.59. The van der Waals surface area contributed by atoms with Crippen molar-refractivity contribution in [2.75, 3.05) is 20.3 Å². The number of methoxy groups -OCH3 is 1. The molecule has 0 unspecified atom stereocenters. The van der Waals surface area contributed by atoms with Crippen LogP contribution in [0.3, 0.4) is 0 Å². The van der Waals surface area contributed by atoms with Gasteiger partial charge in [0.05, 0.1) is 18.8 Å². The van der Waals surface area contributed by atoms with E-state index in [4.69, 9.17) is 21.1 Å². The van der Waals surface area contributed by atoms with Crippen molar-refractivity contribution < 1.29 is 19.1 Å². The van der Waals surface area contributed by atoms with Gasteiger partial charge < -0.3 is 14.8 Å². The second-order valence-electron chi connectivity index (χ2n) is 5.39. The summed E-state index contributed by atoms with van der Waals surface area (Å²) < 4.78 is 10.5. The molecular formula is C17H24ClNO4. The first-order valence-electron chi connectivity index (χ1n) is 7.69. The number of carbonyl (C=O) groups is 2. The van der Waals surface area contributed by atoms with Crippen LogP contribution in [-0.4, -0.2) is 38.1 Å². The van der Waals surface area contributed by atoms with E-state index in [9.17, 15) is 9.59 Å². The zero-order valence-electron chi connectivity index (χ0n) is 13.9. The predicted molar refractivity (Wildman–Crippen MR) is 90.3 cm³/mol. The molecule has 1 amide bonds. The molecule has 0 aliphatic rings. The maximum absolute atomic E-state index is 12.2. The van der Waals surface area contributed by atoms with Gasteiger partial charge in [-0.25, -0.2) is 0 Å². The summed E-state index contributed by atoms with van der Waals surface area (Å²) >= 11 is 5.90. The molecule has 0 saturated carbocycles. The van der Waals surface area contributed by atoms with Gasteiger partial charge in [-0.1, -0.05) is 11.6 Å². The van der Waals surface area contributed by atoms with E-state index in [1.165, 1.54) is 7.11 Å². The van der Waals surface area contributed by atoms with Gasteiger partial charge in [0.25, 0.3) is 0 Å². The second-order valence-corrected chi connectivity index (χ2v) is 5.83. The Labute approximate surface area is 142 Å². The molecule has 0 bridgehead atoms. The van der Waals surface area contributed by atoms with Crippen molar-refractivity contribution in [3.63, 3.8) is 0 Å². The van der Waals surface area contributed by atoms with Crippen molar-refractivity contribution in [1.29, 1.82) is 0 Å². The summed E-state index contributed by atoms with van der Waals surface area (Å²) in [5.41, 5.74) is 0.401. The second kappa shape index (κ2) is 10.2. The van der Waals surface area contributed by atoms with E-state index in [-0.39, 0.29) is 30.6 Å². The minimum absolute atomic E-state index is 0.116. The summed E-state index contributed by atoms with van der Waals surface area (Å²) in [4.78, 5) is 23.9. The van der Waals surface area contributed by atoms with Crippen molar-refractivity contribution >= 4 is 23.3 Å². The molecule has 1 rings (SSSR count). The average molecular weight is 342 g/mol. The van der Waals surface area contributed by atoms with E-state index < -0.39 is 0 Å². The Morgan fingerprint density at radius 1 is 1.26 bits per heavy atom. The van der Waals surface area contributed by atoms with E-state index >= 15 is 0 Å². The molecule has 0 saturated heterocycles. The number of benzene rings is 1. The zero-order valence-corrected chi connectivity index (χ0v) is 14.6. The van der Waals surface area contributed by atoms with Gasteiger partial charge in [-0.05, 0) is 38.5 Å². The lowest BCUT2D eigenvalue weighted by Crippen LogP contribution is -2.26. The van der Waals surface area contributed by atoms with Gasteiger partial charge in [-0.3, -0.25) is 9.59 Å². The maximum atomic E-state index is 12.2. The first-order chi connectivity index (χ1) is 10.9. The van der Waals surface area contributed by atoms with Crippen LogP contribution in [0.1, 0.15) is 43.5 Å². The molecule has 0 aliphatic heterocycles. The largest absolute Gasteiger partial charge is 0.496 e. The van der Waals surface area contributed by atoms with E-state index in [1.54, 1.807) is 18.2 Å². The summed E-state index contributed by atoms with van der Waals surface area (Å²) in [7, 11) is 1.49. The average Bonchev–Trinajstić information content (AvgIpc) is 2.51. The molecular weight excluding hydrogens is 318 g/mol. The first kappa shape index (κ1) is 19.5. The lowest BCUT2D eigenvalue weighted by molar-refractivity contribution is -0.121. The van der Waals surface area contributed by atoms with Crippen molar-refractivity contribution in [3.05, 3.63) is 28.8 Å². The third-order valence-electron chi connectivity index (χ3n) is 3.14. The van der Waals surface area contributed by atoms with Gasteiger partial charge in [0.1, 0.15) is 5.75 Å². The highest BCUT2D eigenvalue weighted by Gasteiger charge is 2.14. The van der Waals surface area contributed by atoms with Crippen molar-refractivity contribution in [2.45, 2.75) is 39.2 Å². The van der Waals surface area contributed by atoms with Crippen LogP contribution in [0.5, 0.6) is 5.75 Å². The van der Waals surface area contributed by atoms with Crippen LogP contribution in [0.25, 0.3) is 0 Å². The van der Waals surface area contributed by atoms with Crippen LogP contribution in [0.4, 0.5) is 0 Å². The number of ether oxygens (including phenoxy) is 2. The standard InChI is InChI=1S/C17H24ClNO4/c1-12(2)23-10-4-9-19-17(21)8-6-15(20)14-11-13(18)5-7-16(14)22-3/h5,7,11-12H,4,6,8-10H2,1-3H3,(H,19,21). The van der Waals surface area contributed by atoms with Crippen molar-refractivity contribution in [1.82, 2.24) is 5.32 Å². The monoisotopic (exact) mass is 341 g/mol. The topological polar surface area (TPSA) is 64.6 Å². The summed E-state index contributed by atoms with van der Waals surface area (Å²) in [5, 5.41) is 3.24. The Balaban J connectivity index is 2.35. The fourth-order valence-electron chi connectivity index (χ4n) is 1.97. The summed E-state index contributed by atoms with van der Waals surface area (Å²) in [6.07, 6.45) is 1.20. The molecule has 6 heteroatoms. The molecule has 128 valence electrons. The van der Waals surface area contributed by atoms with E-state index in [2.05, 4.69) is 5.32 Å². The van der Waals surface area contributed by atoms with Gasteiger partial charge in [-0.15, -0.1) is 0 Å². The van der Waals surface area contributed by atoms with Crippen LogP contribution in [-0.2, 0) is 9.53 Å². The highest BCUT2D eigenvalue weighted by atomic mass is 35.5. The number of hydrogen-bond donors (Lipinski definition) is 1. The highest BCUT2D eigenvalue weighted by Crippen LogP contribution is 2.24. The van der Waals surface area contributed by atoms with Crippen LogP contribution in [0.2, 0.25) is 5.02 Å². The lowest BCUT2D eigenvalue weighted by atomic mass is 10.1. The van der Waals surface area contributed by atoms with Crippen molar-refractivity contribution in [3.8, 4) is 5.75 Å². The Bertz CT molecular complexity index is 531. The fraction of sp³-hybridized carbons (Fsp3) is 0.529. The smallest absolute Gasteiger partial charge is 0.220 e. The minimum atomic E-state index is -0.164. The summed E-state index contributed by atoms with van der Waals surface area (Å²) in [6.45, 7) is 5.08. The van der Waals surface area contributed by atoms with Crippen molar-refractivity contribution in [2.24, 2.45) is 0 Å². The molecule has 0 fully saturated rings. The number of ketones is 1. The van der Waals surface area contributed by atoms with E-state index in [0.29, 0.717) is 29.5 Å². The van der Waals surface area contributed by atoms with Gasteiger partial charge >= 0.3 is 0 Å². The van der Waals surface area contributed by atoms with Gasteiger partial charge in [-0.2, -0.15) is 0 Å². The molecule has 0 atom stereocenters. The number of nitrogens with one attached hydrogen (secondary N) is 1. The van der Waals surface area contributed by atoms with Crippen LogP contribution < -0.4 is 10.1 Å². The number of Topliss-reactive ketones (excluding diaryl/α,β-unsaturated/α-hetero) is 1. The third-order valence-corrected chi connectivity index (χ3v) is 3.37. The Morgan fingerprint density at radius 3 is 2.65 bits per heavy atom. The van der Waals surface area contributed by atoms with Gasteiger partial charge in [0, 0.05) is 31.0 Å². The quantitative estimate of drug-likeness (QED) is 0.524. The number of rotatable bonds is 10. The Kier molecular flexibility index (Phi) is 8.66. The molecule has 0 aromatic heterocycles. The van der Waals surface area contributed by atoms with Crippen LogP contribution >= 0.6 is 11.6 Å². The number of halogens is 1. The maximum Gasteiger partial charge on any atom is 0.220 e. The highest BCUT2D eigenvalue weighted by molar-refractivity contribution is 6.31. The van der Waals surface area contributed by atoms with Crippen LogP contribution in [0, 0.1) is 0 Å². The number of carbonyl (C=O) groups excluding carboxylic acids is 2. The molecule has 1 aromatic rings. The minimum Gasteiger partial charge on any atom is -0.496 e. The molecule has 5 nitrogen and oxygen atoms in total. The predicted octanol–water partition coefficient (Wildman–Crippen LogP) is 3.24. The first-order valence-corrected chi connectivity index (χ1v) is 8.07. The molecule has 23 heavy (non-hydrogen) atoms. The van der Waals surface area contributed by atoms with E-state index in [1.807, 2.05) is 13.8 Å². The SMILES string of the molecule is COc1ccc(Cl)cc1C(=O)CCC(=O)NCCCOC(C)C. The molecule has 1 N–H and O–H groups in total. The molecule has 0 heterocycles. The van der Waals surface area contributed by atoms with Gasteiger partial charge in [0.2, 0.25) is 5.91 Å². The summed E-state index contributed by atoms with van der Waals surface area (Å²) in [6, 6.07) is 4.86. The third kappa shape index (κ3) is 7.48. The van der Waals surface area contributed by atoms with E-state index in [0.717, 1.165) is 6.42 Å². The number of amides is 1. The summed E-state index contributed by atoms with van der Waals surface area (Å²) in [5.74, 6) is 0.150. The fourth-order valence-corrected chi connectivity index (χ4v) is 2.14. The molecule has 0 radical (unpaired) electrons. The zero-order chi connectivity index (χ0) is 17.2.